The second-order valence-corrected chi connectivity index (χ2v) is 5.89. The highest BCUT2D eigenvalue weighted by Gasteiger charge is 2.28. The van der Waals surface area contributed by atoms with Gasteiger partial charge in [0.15, 0.2) is 0 Å². The SMILES string of the molecule is COC(=O)C1=CC(=C=O)c2cc(F)ccc2N1CCOCc1ccccc1. The molecule has 0 atom stereocenters. The van der Waals surface area contributed by atoms with Crippen molar-refractivity contribution in [2.75, 3.05) is 25.2 Å². The molecule has 2 aromatic rings. The van der Waals surface area contributed by atoms with Crippen LogP contribution >= 0.6 is 0 Å². The lowest BCUT2D eigenvalue weighted by Gasteiger charge is -2.31. The number of ether oxygens (including phenoxy) is 2. The maximum absolute atomic E-state index is 13.6. The molecule has 0 bridgehead atoms. The van der Waals surface area contributed by atoms with E-state index in [1.165, 1.54) is 31.4 Å². The fourth-order valence-corrected chi connectivity index (χ4v) is 2.90. The minimum Gasteiger partial charge on any atom is -0.464 e. The molecule has 3 rings (SSSR count). The number of halogens is 1. The van der Waals surface area contributed by atoms with Gasteiger partial charge in [-0.05, 0) is 29.8 Å². The summed E-state index contributed by atoms with van der Waals surface area (Å²) in [5, 5.41) is 0. The first-order chi connectivity index (χ1) is 13.1. The molecule has 0 radical (unpaired) electrons. The number of nitrogens with zero attached hydrogens (tertiary/aromatic N) is 1. The Morgan fingerprint density at radius 3 is 2.67 bits per heavy atom. The normalized spacial score (nSPS) is 12.9. The van der Waals surface area contributed by atoms with Crippen molar-refractivity contribution in [2.45, 2.75) is 6.61 Å². The monoisotopic (exact) mass is 367 g/mol. The van der Waals surface area contributed by atoms with Gasteiger partial charge in [0.1, 0.15) is 17.5 Å². The van der Waals surface area contributed by atoms with E-state index in [2.05, 4.69) is 0 Å². The van der Waals surface area contributed by atoms with Crippen LogP contribution in [-0.2, 0) is 25.7 Å². The Bertz CT molecular complexity index is 917. The van der Waals surface area contributed by atoms with Crippen molar-refractivity contribution < 1.29 is 23.5 Å². The quantitative estimate of drug-likeness (QED) is 0.446. The van der Waals surface area contributed by atoms with E-state index in [0.717, 1.165) is 5.56 Å². The van der Waals surface area contributed by atoms with Crippen LogP contribution in [0.3, 0.4) is 0 Å². The van der Waals surface area contributed by atoms with Crippen molar-refractivity contribution in [1.82, 2.24) is 0 Å². The second kappa shape index (κ2) is 8.45. The number of benzene rings is 2. The van der Waals surface area contributed by atoms with E-state index < -0.39 is 11.8 Å². The molecule has 2 aromatic carbocycles. The van der Waals surface area contributed by atoms with Gasteiger partial charge in [-0.1, -0.05) is 30.3 Å². The van der Waals surface area contributed by atoms with Gasteiger partial charge in [0.25, 0.3) is 0 Å². The zero-order valence-corrected chi connectivity index (χ0v) is 14.8. The van der Waals surface area contributed by atoms with Crippen LogP contribution in [0.25, 0.3) is 5.57 Å². The summed E-state index contributed by atoms with van der Waals surface area (Å²) in [5.74, 6) is 0.692. The van der Waals surface area contributed by atoms with Crippen molar-refractivity contribution >= 4 is 23.2 Å². The van der Waals surface area contributed by atoms with Gasteiger partial charge in [0.05, 0.1) is 31.6 Å². The number of allylic oxidation sites excluding steroid dienone is 2. The highest BCUT2D eigenvalue weighted by Crippen LogP contribution is 2.35. The summed E-state index contributed by atoms with van der Waals surface area (Å²) >= 11 is 0. The molecule has 0 saturated carbocycles. The number of fused-ring (bicyclic) bond motifs is 1. The van der Waals surface area contributed by atoms with E-state index in [0.29, 0.717) is 31.0 Å². The summed E-state index contributed by atoms with van der Waals surface area (Å²) in [7, 11) is 1.26. The molecule has 1 heterocycles. The number of carbonyl (C=O) groups is 1. The van der Waals surface area contributed by atoms with Crippen molar-refractivity contribution in [3.63, 3.8) is 0 Å². The minimum atomic E-state index is -0.596. The molecule has 0 aliphatic carbocycles. The zero-order chi connectivity index (χ0) is 19.2. The largest absolute Gasteiger partial charge is 0.464 e. The van der Waals surface area contributed by atoms with Crippen molar-refractivity contribution in [1.29, 1.82) is 0 Å². The molecule has 0 fully saturated rings. The molecule has 6 heteroatoms. The number of rotatable bonds is 6. The molecule has 138 valence electrons. The van der Waals surface area contributed by atoms with Gasteiger partial charge in [-0.25, -0.2) is 14.0 Å². The van der Waals surface area contributed by atoms with Gasteiger partial charge in [-0.2, -0.15) is 0 Å². The summed E-state index contributed by atoms with van der Waals surface area (Å²) in [6.45, 7) is 1.08. The first kappa shape index (κ1) is 18.6. The lowest BCUT2D eigenvalue weighted by atomic mass is 9.98. The molecule has 0 spiro atoms. The zero-order valence-electron chi connectivity index (χ0n) is 14.8. The van der Waals surface area contributed by atoms with Crippen molar-refractivity contribution in [3.05, 3.63) is 77.2 Å². The number of anilines is 1. The lowest BCUT2D eigenvalue weighted by Crippen LogP contribution is -2.34. The standard InChI is InChI=1S/C21H18FNO4/c1-26-21(25)20-11-16(13-24)18-12-17(22)7-8-19(18)23(20)9-10-27-14-15-5-3-2-4-6-15/h2-8,11-12H,9-10,14H2,1H3. The van der Waals surface area contributed by atoms with E-state index in [1.807, 2.05) is 30.3 Å². The molecule has 1 aliphatic rings. The fourth-order valence-electron chi connectivity index (χ4n) is 2.90. The van der Waals surface area contributed by atoms with E-state index in [9.17, 15) is 14.0 Å². The van der Waals surface area contributed by atoms with E-state index in [1.54, 1.807) is 10.8 Å². The molecule has 0 unspecified atom stereocenters. The van der Waals surface area contributed by atoms with E-state index >= 15 is 0 Å². The third-order valence-corrected chi connectivity index (χ3v) is 4.19. The Labute approximate surface area is 156 Å². The number of carbonyl (C=O) groups excluding carboxylic acids is 2. The van der Waals surface area contributed by atoms with Crippen LogP contribution in [0.2, 0.25) is 0 Å². The van der Waals surface area contributed by atoms with Crippen LogP contribution < -0.4 is 4.90 Å². The minimum absolute atomic E-state index is 0.103. The predicted molar refractivity (Wildman–Crippen MR) is 99.0 cm³/mol. The van der Waals surface area contributed by atoms with Gasteiger partial charge < -0.3 is 14.4 Å². The van der Waals surface area contributed by atoms with Crippen LogP contribution in [-0.4, -0.2) is 32.2 Å². The van der Waals surface area contributed by atoms with Gasteiger partial charge >= 0.3 is 5.97 Å². The maximum Gasteiger partial charge on any atom is 0.354 e. The Morgan fingerprint density at radius 1 is 1.19 bits per heavy atom. The smallest absolute Gasteiger partial charge is 0.354 e. The summed E-state index contributed by atoms with van der Waals surface area (Å²) in [5.41, 5.74) is 2.22. The van der Waals surface area contributed by atoms with Gasteiger partial charge in [0.2, 0.25) is 0 Å². The van der Waals surface area contributed by atoms with Crippen LogP contribution in [0.4, 0.5) is 10.1 Å². The fraction of sp³-hybridized carbons (Fsp3) is 0.190. The molecular formula is C21H18FNO4. The Balaban J connectivity index is 1.81. The Hall–Kier alpha value is -3.21. The predicted octanol–water partition coefficient (Wildman–Crippen LogP) is 3.13. The summed E-state index contributed by atoms with van der Waals surface area (Å²) in [6, 6.07) is 13.8. The third kappa shape index (κ3) is 4.14. The topological polar surface area (TPSA) is 55.8 Å². The van der Waals surface area contributed by atoms with Crippen molar-refractivity contribution in [2.24, 2.45) is 0 Å². The second-order valence-electron chi connectivity index (χ2n) is 5.89. The summed E-state index contributed by atoms with van der Waals surface area (Å²) in [4.78, 5) is 25.1. The number of hydrogen-bond acceptors (Lipinski definition) is 5. The highest BCUT2D eigenvalue weighted by atomic mass is 19.1. The molecule has 0 aromatic heterocycles. The Morgan fingerprint density at radius 2 is 1.96 bits per heavy atom. The van der Waals surface area contributed by atoms with Crippen LogP contribution in [0, 0.1) is 5.82 Å². The third-order valence-electron chi connectivity index (χ3n) is 4.19. The van der Waals surface area contributed by atoms with E-state index in [-0.39, 0.29) is 11.3 Å². The van der Waals surface area contributed by atoms with Gasteiger partial charge in [0, 0.05) is 12.1 Å². The average Bonchev–Trinajstić information content (AvgIpc) is 2.70. The van der Waals surface area contributed by atoms with Crippen molar-refractivity contribution in [3.8, 4) is 0 Å². The van der Waals surface area contributed by atoms with Crippen LogP contribution in [0.5, 0.6) is 0 Å². The van der Waals surface area contributed by atoms with Crippen LogP contribution in [0.15, 0.2) is 60.3 Å². The van der Waals surface area contributed by atoms with Gasteiger partial charge in [-0.15, -0.1) is 0 Å². The molecule has 1 aliphatic heterocycles. The Kier molecular flexibility index (Phi) is 5.81. The number of hydrogen-bond donors (Lipinski definition) is 0. The molecule has 0 N–H and O–H groups in total. The maximum atomic E-state index is 13.6. The highest BCUT2D eigenvalue weighted by molar-refractivity contribution is 6.07. The molecule has 0 amide bonds. The first-order valence-electron chi connectivity index (χ1n) is 8.38. The van der Waals surface area contributed by atoms with Crippen LogP contribution in [0.1, 0.15) is 11.1 Å². The molecule has 5 nitrogen and oxygen atoms in total. The molecule has 0 saturated heterocycles. The summed E-state index contributed by atoms with van der Waals surface area (Å²) < 4.78 is 24.2. The molecule has 27 heavy (non-hydrogen) atoms. The first-order valence-corrected chi connectivity index (χ1v) is 8.38. The average molecular weight is 367 g/mol. The van der Waals surface area contributed by atoms with Gasteiger partial charge in [-0.3, -0.25) is 0 Å². The summed E-state index contributed by atoms with van der Waals surface area (Å²) in [6.07, 6.45) is 1.36. The van der Waals surface area contributed by atoms with E-state index in [4.69, 9.17) is 9.47 Å². The number of esters is 1. The number of methoxy groups -OCH3 is 1. The molecular weight excluding hydrogens is 349 g/mol. The lowest BCUT2D eigenvalue weighted by molar-refractivity contribution is -0.136.